The summed E-state index contributed by atoms with van der Waals surface area (Å²) in [5.41, 5.74) is 3.77. The maximum atomic E-state index is 13.9. The molecular weight excluding hydrogens is 464 g/mol. The minimum atomic E-state index is -3.80. The van der Waals surface area contributed by atoms with Gasteiger partial charge >= 0.3 is 0 Å². The first kappa shape index (κ1) is 23.7. The van der Waals surface area contributed by atoms with Gasteiger partial charge in [-0.3, -0.25) is 0 Å². The lowest BCUT2D eigenvalue weighted by atomic mass is 9.81. The van der Waals surface area contributed by atoms with E-state index in [2.05, 4.69) is 11.0 Å². The Balaban J connectivity index is 1.65. The Kier molecular flexibility index (Phi) is 6.21. The van der Waals surface area contributed by atoms with Crippen LogP contribution in [0.2, 0.25) is 0 Å². The lowest BCUT2D eigenvalue weighted by Gasteiger charge is -2.44. The molecule has 7 nitrogen and oxygen atoms in total. The molecule has 0 aromatic heterocycles. The third kappa shape index (κ3) is 3.86. The molecule has 1 N–H and O–H groups in total. The number of nitrogens with zero attached hydrogens (tertiary/aromatic N) is 2. The van der Waals surface area contributed by atoms with E-state index in [0.29, 0.717) is 18.7 Å². The highest BCUT2D eigenvalue weighted by molar-refractivity contribution is 7.89. The minimum absolute atomic E-state index is 0.0363. The second-order valence-electron chi connectivity index (χ2n) is 9.03. The number of ether oxygens (including phenoxy) is 2. The van der Waals surface area contributed by atoms with Gasteiger partial charge in [-0.1, -0.05) is 30.3 Å². The molecule has 35 heavy (non-hydrogen) atoms. The van der Waals surface area contributed by atoms with Crippen molar-refractivity contribution in [3.63, 3.8) is 0 Å². The van der Waals surface area contributed by atoms with Gasteiger partial charge < -0.3 is 19.5 Å². The first-order valence-corrected chi connectivity index (χ1v) is 13.1. The van der Waals surface area contributed by atoms with Gasteiger partial charge in [0.1, 0.15) is 11.5 Å². The van der Waals surface area contributed by atoms with Crippen molar-refractivity contribution in [1.29, 1.82) is 0 Å². The fraction of sp³-hybridized carbons (Fsp3) is 0.333. The summed E-state index contributed by atoms with van der Waals surface area (Å²) < 4.78 is 40.2. The van der Waals surface area contributed by atoms with Crippen LogP contribution in [-0.2, 0) is 10.0 Å². The van der Waals surface area contributed by atoms with Crippen LogP contribution in [0.25, 0.3) is 11.1 Å². The maximum absolute atomic E-state index is 13.9. The van der Waals surface area contributed by atoms with Crippen LogP contribution < -0.4 is 14.4 Å². The zero-order valence-corrected chi connectivity index (χ0v) is 20.9. The van der Waals surface area contributed by atoms with E-state index in [1.165, 1.54) is 7.11 Å². The van der Waals surface area contributed by atoms with E-state index in [9.17, 15) is 13.5 Å². The van der Waals surface area contributed by atoms with Crippen LogP contribution in [0.3, 0.4) is 0 Å². The molecule has 3 aromatic carbocycles. The Morgan fingerprint density at radius 2 is 1.80 bits per heavy atom. The van der Waals surface area contributed by atoms with E-state index < -0.39 is 10.0 Å². The van der Waals surface area contributed by atoms with Crippen molar-refractivity contribution in [2.24, 2.45) is 5.92 Å². The van der Waals surface area contributed by atoms with Crippen molar-refractivity contribution < 1.29 is 23.0 Å². The van der Waals surface area contributed by atoms with Gasteiger partial charge in [0, 0.05) is 36.8 Å². The van der Waals surface area contributed by atoms with Crippen LogP contribution in [-0.4, -0.2) is 58.3 Å². The predicted molar refractivity (Wildman–Crippen MR) is 135 cm³/mol. The molecule has 5 rings (SSSR count). The van der Waals surface area contributed by atoms with Crippen molar-refractivity contribution in [2.45, 2.75) is 23.4 Å². The van der Waals surface area contributed by atoms with Gasteiger partial charge in [0.05, 0.1) is 37.8 Å². The zero-order chi connectivity index (χ0) is 24.7. The Morgan fingerprint density at radius 1 is 1.00 bits per heavy atom. The SMILES string of the molecule is COc1cccc(S(=O)(=O)N2CC[C@H]3[C@@H](CO)N(C)c4ccc(-c5ccccc5OC)cc4[C@H]32)c1. The molecule has 8 heteroatoms. The zero-order valence-electron chi connectivity index (χ0n) is 20.1. The van der Waals surface area contributed by atoms with Crippen molar-refractivity contribution in [3.05, 3.63) is 72.3 Å². The number of aliphatic hydroxyl groups is 1. The molecule has 0 unspecified atom stereocenters. The summed E-state index contributed by atoms with van der Waals surface area (Å²) in [4.78, 5) is 2.30. The van der Waals surface area contributed by atoms with Crippen LogP contribution in [0.5, 0.6) is 11.5 Å². The number of para-hydroxylation sites is 1. The first-order valence-electron chi connectivity index (χ1n) is 11.7. The summed E-state index contributed by atoms with van der Waals surface area (Å²) in [6.07, 6.45) is 0.668. The smallest absolute Gasteiger partial charge is 0.243 e. The van der Waals surface area contributed by atoms with Crippen LogP contribution in [0.4, 0.5) is 5.69 Å². The average Bonchev–Trinajstić information content (AvgIpc) is 3.35. The molecule has 2 aliphatic heterocycles. The summed E-state index contributed by atoms with van der Waals surface area (Å²) in [6.45, 7) is 0.343. The second-order valence-corrected chi connectivity index (χ2v) is 10.9. The average molecular weight is 495 g/mol. The fourth-order valence-electron chi connectivity index (χ4n) is 5.63. The molecule has 0 aliphatic carbocycles. The summed E-state index contributed by atoms with van der Waals surface area (Å²) >= 11 is 0. The number of hydrogen-bond acceptors (Lipinski definition) is 6. The molecule has 0 bridgehead atoms. The highest BCUT2D eigenvalue weighted by Crippen LogP contribution is 2.51. The lowest BCUT2D eigenvalue weighted by Crippen LogP contribution is -2.48. The third-order valence-electron chi connectivity index (χ3n) is 7.37. The van der Waals surface area contributed by atoms with Gasteiger partial charge in [-0.15, -0.1) is 0 Å². The molecule has 0 spiro atoms. The number of rotatable bonds is 6. The molecule has 3 atom stereocenters. The highest BCUT2D eigenvalue weighted by atomic mass is 32.2. The summed E-state index contributed by atoms with van der Waals surface area (Å²) in [5.74, 6) is 1.22. The van der Waals surface area contributed by atoms with Gasteiger partial charge in [0.2, 0.25) is 10.0 Å². The van der Waals surface area contributed by atoms with Gasteiger partial charge in [0.25, 0.3) is 0 Å². The molecule has 2 heterocycles. The molecule has 1 fully saturated rings. The van der Waals surface area contributed by atoms with Gasteiger partial charge in [-0.05, 0) is 47.9 Å². The Hall–Kier alpha value is -3.07. The fourth-order valence-corrected chi connectivity index (χ4v) is 7.33. The number of aliphatic hydroxyl groups excluding tert-OH is 1. The molecule has 3 aromatic rings. The van der Waals surface area contributed by atoms with E-state index in [4.69, 9.17) is 9.47 Å². The molecular formula is C27H30N2O5S. The molecule has 0 amide bonds. The van der Waals surface area contributed by atoms with Gasteiger partial charge in [0.15, 0.2) is 0 Å². The minimum Gasteiger partial charge on any atom is -0.497 e. The van der Waals surface area contributed by atoms with Gasteiger partial charge in [-0.25, -0.2) is 8.42 Å². The standard InChI is InChI=1S/C27H30N2O5S/c1-28-24-12-11-18(21-9-4-5-10-26(21)34-3)15-23(24)27-22(25(28)17-30)13-14-29(27)35(31,32)20-8-6-7-19(16-20)33-2/h4-12,15-16,22,25,27,30H,13-14,17H2,1-3H3/t22-,25+,27-/m0/s1. The Bertz CT molecular complexity index is 1340. The quantitative estimate of drug-likeness (QED) is 0.559. The number of sulfonamides is 1. The maximum Gasteiger partial charge on any atom is 0.243 e. The van der Waals surface area contributed by atoms with Crippen molar-refractivity contribution in [2.75, 3.05) is 39.3 Å². The van der Waals surface area contributed by atoms with Crippen LogP contribution in [0.15, 0.2) is 71.6 Å². The van der Waals surface area contributed by atoms with E-state index in [1.807, 2.05) is 43.4 Å². The molecule has 0 saturated carbocycles. The second kappa shape index (κ2) is 9.18. The van der Waals surface area contributed by atoms with Crippen LogP contribution in [0, 0.1) is 5.92 Å². The summed E-state index contributed by atoms with van der Waals surface area (Å²) in [7, 11) is 1.34. The first-order chi connectivity index (χ1) is 16.9. The molecule has 2 aliphatic rings. The summed E-state index contributed by atoms with van der Waals surface area (Å²) in [6, 6.07) is 20.0. The topological polar surface area (TPSA) is 79.3 Å². The largest absolute Gasteiger partial charge is 0.497 e. The number of hydrogen-bond donors (Lipinski definition) is 1. The normalized spacial score (nSPS) is 21.9. The lowest BCUT2D eigenvalue weighted by molar-refractivity contribution is 0.193. The number of benzene rings is 3. The number of likely N-dealkylation sites (N-methyl/N-ethyl adjacent to an activating group) is 1. The van der Waals surface area contributed by atoms with E-state index in [0.717, 1.165) is 28.1 Å². The third-order valence-corrected chi connectivity index (χ3v) is 9.25. The summed E-state index contributed by atoms with van der Waals surface area (Å²) in [5, 5.41) is 10.3. The number of anilines is 1. The van der Waals surface area contributed by atoms with Crippen molar-refractivity contribution in [1.82, 2.24) is 4.31 Å². The number of fused-ring (bicyclic) bond motifs is 3. The Labute approximate surface area is 206 Å². The van der Waals surface area contributed by atoms with Crippen molar-refractivity contribution >= 4 is 15.7 Å². The molecule has 184 valence electrons. The van der Waals surface area contributed by atoms with Gasteiger partial charge in [-0.2, -0.15) is 4.31 Å². The monoisotopic (exact) mass is 494 g/mol. The molecule has 0 radical (unpaired) electrons. The van der Waals surface area contributed by atoms with Crippen molar-refractivity contribution in [3.8, 4) is 22.6 Å². The highest BCUT2D eigenvalue weighted by Gasteiger charge is 2.50. The van der Waals surface area contributed by atoms with E-state index >= 15 is 0 Å². The van der Waals surface area contributed by atoms with E-state index in [-0.39, 0.29) is 29.5 Å². The molecule has 1 saturated heterocycles. The van der Waals surface area contributed by atoms with Crippen LogP contribution in [0.1, 0.15) is 18.0 Å². The Morgan fingerprint density at radius 3 is 2.54 bits per heavy atom. The number of methoxy groups -OCH3 is 2. The van der Waals surface area contributed by atoms with Crippen LogP contribution >= 0.6 is 0 Å². The predicted octanol–water partition coefficient (Wildman–Crippen LogP) is 3.93. The van der Waals surface area contributed by atoms with E-state index in [1.54, 1.807) is 35.7 Å².